The number of hydrogen-bond donors (Lipinski definition) is 1. The smallest absolute Gasteiger partial charge is 0.118 e. The highest BCUT2D eigenvalue weighted by atomic mass is 32.1. The molecule has 1 atom stereocenters. The molecule has 1 aromatic carbocycles. The summed E-state index contributed by atoms with van der Waals surface area (Å²) in [4.78, 5) is 0. The van der Waals surface area contributed by atoms with Crippen molar-refractivity contribution in [1.29, 1.82) is 0 Å². The first kappa shape index (κ1) is 14.0. The Hall–Kier alpha value is -1.46. The van der Waals surface area contributed by atoms with Crippen molar-refractivity contribution in [3.63, 3.8) is 0 Å². The van der Waals surface area contributed by atoms with Gasteiger partial charge in [-0.2, -0.15) is 0 Å². The van der Waals surface area contributed by atoms with Crippen molar-refractivity contribution in [2.75, 3.05) is 7.11 Å². The van der Waals surface area contributed by atoms with Crippen molar-refractivity contribution in [2.24, 2.45) is 5.92 Å². The third-order valence-electron chi connectivity index (χ3n) is 3.05. The van der Waals surface area contributed by atoms with Crippen LogP contribution >= 0.6 is 11.5 Å². The van der Waals surface area contributed by atoms with E-state index in [1.807, 2.05) is 17.5 Å². The number of nitrogens with one attached hydrogen (secondary N) is 1. The number of ether oxygens (including phenoxy) is 1. The van der Waals surface area contributed by atoms with Crippen LogP contribution in [0, 0.1) is 5.92 Å². The zero-order chi connectivity index (χ0) is 13.7. The molecule has 0 saturated heterocycles. The molecule has 2 rings (SSSR count). The summed E-state index contributed by atoms with van der Waals surface area (Å²) >= 11 is 1.38. The molecule has 1 N–H and O–H groups in total. The van der Waals surface area contributed by atoms with Crippen LogP contribution in [0.2, 0.25) is 0 Å². The van der Waals surface area contributed by atoms with Gasteiger partial charge in [0.2, 0.25) is 0 Å². The molecule has 0 aliphatic carbocycles. The molecule has 0 spiro atoms. The highest BCUT2D eigenvalue weighted by Gasteiger charge is 2.15. The van der Waals surface area contributed by atoms with Gasteiger partial charge in [-0.3, -0.25) is 0 Å². The summed E-state index contributed by atoms with van der Waals surface area (Å²) in [5, 5.41) is 9.56. The molecule has 1 heterocycles. The lowest BCUT2D eigenvalue weighted by Gasteiger charge is -2.22. The first-order valence-electron chi connectivity index (χ1n) is 6.34. The van der Waals surface area contributed by atoms with E-state index in [9.17, 15) is 0 Å². The summed E-state index contributed by atoms with van der Waals surface area (Å²) in [5.41, 5.74) is 2.25. The van der Waals surface area contributed by atoms with Crippen LogP contribution in [0.3, 0.4) is 0 Å². The predicted molar refractivity (Wildman–Crippen MR) is 77.3 cm³/mol. The molecule has 0 fully saturated rings. The van der Waals surface area contributed by atoms with Crippen LogP contribution in [0.1, 0.15) is 31.1 Å². The Balaban J connectivity index is 2.06. The molecule has 1 aromatic heterocycles. The molecule has 0 amide bonds. The van der Waals surface area contributed by atoms with Crippen LogP contribution in [-0.4, -0.2) is 16.7 Å². The van der Waals surface area contributed by atoms with Gasteiger partial charge in [0.15, 0.2) is 0 Å². The molecule has 0 bridgehead atoms. The van der Waals surface area contributed by atoms with E-state index in [4.69, 9.17) is 4.74 Å². The maximum atomic E-state index is 5.19. The van der Waals surface area contributed by atoms with Gasteiger partial charge in [0.1, 0.15) is 5.75 Å². The van der Waals surface area contributed by atoms with Gasteiger partial charge < -0.3 is 10.1 Å². The van der Waals surface area contributed by atoms with Gasteiger partial charge in [0.05, 0.1) is 12.8 Å². The minimum Gasteiger partial charge on any atom is -0.497 e. The van der Waals surface area contributed by atoms with E-state index >= 15 is 0 Å². The predicted octanol–water partition coefficient (Wildman–Crippen LogP) is 3.03. The van der Waals surface area contributed by atoms with Crippen molar-refractivity contribution < 1.29 is 4.74 Å². The molecule has 19 heavy (non-hydrogen) atoms. The Labute approximate surface area is 118 Å². The second-order valence-electron chi connectivity index (χ2n) is 4.77. The van der Waals surface area contributed by atoms with Gasteiger partial charge >= 0.3 is 0 Å². The zero-order valence-corrected chi connectivity index (χ0v) is 12.3. The molecular formula is C14H19N3OS. The summed E-state index contributed by atoms with van der Waals surface area (Å²) in [6.07, 6.45) is 0. The summed E-state index contributed by atoms with van der Waals surface area (Å²) < 4.78 is 9.07. The van der Waals surface area contributed by atoms with Crippen LogP contribution in [0.5, 0.6) is 5.75 Å². The number of hydrogen-bond acceptors (Lipinski definition) is 5. The third-order valence-corrected chi connectivity index (χ3v) is 3.60. The van der Waals surface area contributed by atoms with E-state index in [0.29, 0.717) is 12.0 Å². The van der Waals surface area contributed by atoms with Crippen LogP contribution in [0.4, 0.5) is 0 Å². The Bertz CT molecular complexity index is 482. The fourth-order valence-electron chi connectivity index (χ4n) is 2.03. The van der Waals surface area contributed by atoms with Crippen molar-refractivity contribution in [3.8, 4) is 5.75 Å². The summed E-state index contributed by atoms with van der Waals surface area (Å²) in [6, 6.07) is 8.51. The molecule has 0 saturated carbocycles. The average Bonchev–Trinajstić information content (AvgIpc) is 2.92. The molecule has 0 radical (unpaired) electrons. The van der Waals surface area contributed by atoms with Gasteiger partial charge in [0.25, 0.3) is 0 Å². The zero-order valence-electron chi connectivity index (χ0n) is 11.5. The summed E-state index contributed by atoms with van der Waals surface area (Å²) in [6.45, 7) is 5.16. The minimum absolute atomic E-state index is 0.299. The summed E-state index contributed by atoms with van der Waals surface area (Å²) in [7, 11) is 1.68. The molecule has 0 aliphatic heterocycles. The van der Waals surface area contributed by atoms with Gasteiger partial charge in [-0.15, -0.1) is 5.10 Å². The van der Waals surface area contributed by atoms with E-state index in [1.54, 1.807) is 7.11 Å². The number of aromatic nitrogens is 2. The second-order valence-corrected chi connectivity index (χ2v) is 5.38. The minimum atomic E-state index is 0.299. The molecule has 2 aromatic rings. The Morgan fingerprint density at radius 1 is 1.26 bits per heavy atom. The van der Waals surface area contributed by atoms with Crippen LogP contribution in [0.15, 0.2) is 29.6 Å². The van der Waals surface area contributed by atoms with Crippen molar-refractivity contribution in [2.45, 2.75) is 26.4 Å². The lowest BCUT2D eigenvalue weighted by molar-refractivity contribution is 0.403. The number of methoxy groups -OCH3 is 1. The molecule has 0 aliphatic rings. The van der Waals surface area contributed by atoms with E-state index < -0.39 is 0 Å². The maximum absolute atomic E-state index is 5.19. The second kappa shape index (κ2) is 6.63. The lowest BCUT2D eigenvalue weighted by atomic mass is 9.96. The average molecular weight is 277 g/mol. The van der Waals surface area contributed by atoms with Gasteiger partial charge in [-0.1, -0.05) is 30.5 Å². The van der Waals surface area contributed by atoms with E-state index in [-0.39, 0.29) is 0 Å². The number of benzene rings is 1. The Kier molecular flexibility index (Phi) is 4.87. The highest BCUT2D eigenvalue weighted by molar-refractivity contribution is 7.03. The molecular weight excluding hydrogens is 258 g/mol. The molecule has 102 valence electrons. The van der Waals surface area contributed by atoms with Crippen LogP contribution in [0.25, 0.3) is 0 Å². The monoisotopic (exact) mass is 277 g/mol. The lowest BCUT2D eigenvalue weighted by Crippen LogP contribution is -2.25. The fraction of sp³-hybridized carbons (Fsp3) is 0.429. The largest absolute Gasteiger partial charge is 0.497 e. The van der Waals surface area contributed by atoms with Gasteiger partial charge in [0, 0.05) is 18.0 Å². The highest BCUT2D eigenvalue weighted by Crippen LogP contribution is 2.24. The van der Waals surface area contributed by atoms with Crippen LogP contribution < -0.4 is 10.1 Å². The fourth-order valence-corrected chi connectivity index (χ4v) is 2.48. The van der Waals surface area contributed by atoms with Gasteiger partial charge in [-0.05, 0) is 35.1 Å². The normalized spacial score (nSPS) is 12.6. The topological polar surface area (TPSA) is 47.0 Å². The number of nitrogens with zero attached hydrogens (tertiary/aromatic N) is 2. The maximum Gasteiger partial charge on any atom is 0.118 e. The first-order valence-corrected chi connectivity index (χ1v) is 7.17. The van der Waals surface area contributed by atoms with Crippen molar-refractivity contribution >= 4 is 11.5 Å². The van der Waals surface area contributed by atoms with E-state index in [2.05, 4.69) is 40.9 Å². The van der Waals surface area contributed by atoms with Crippen molar-refractivity contribution in [3.05, 3.63) is 40.9 Å². The van der Waals surface area contributed by atoms with E-state index in [1.165, 1.54) is 17.1 Å². The number of rotatable bonds is 6. The quantitative estimate of drug-likeness (QED) is 0.881. The van der Waals surface area contributed by atoms with E-state index in [0.717, 1.165) is 18.0 Å². The van der Waals surface area contributed by atoms with Crippen molar-refractivity contribution in [1.82, 2.24) is 14.9 Å². The Morgan fingerprint density at radius 2 is 2.00 bits per heavy atom. The molecule has 5 heteroatoms. The van der Waals surface area contributed by atoms with Gasteiger partial charge in [-0.25, -0.2) is 0 Å². The first-order chi connectivity index (χ1) is 9.20. The third kappa shape index (κ3) is 3.75. The SMILES string of the molecule is COc1ccc([C@H](NCc2csnn2)C(C)C)cc1. The Morgan fingerprint density at radius 3 is 2.53 bits per heavy atom. The van der Waals surface area contributed by atoms with Crippen LogP contribution in [-0.2, 0) is 6.54 Å². The molecule has 4 nitrogen and oxygen atoms in total. The molecule has 0 unspecified atom stereocenters. The summed E-state index contributed by atoms with van der Waals surface area (Å²) in [5.74, 6) is 1.38. The standard InChI is InChI=1S/C14H19N3OS/c1-10(2)14(15-8-12-9-19-17-16-12)11-4-6-13(18-3)7-5-11/h4-7,9-10,14-15H,8H2,1-3H3/t14-/m1/s1.